The van der Waals surface area contributed by atoms with Crippen LogP contribution >= 0.6 is 0 Å². The second-order valence-corrected chi connectivity index (χ2v) is 16.1. The number of rotatable bonds is 8. The molecule has 0 amide bonds. The SMILES string of the molecule is c1ccc(-c2cc(-c3ccccc3)cc(N(c3ccc(-c4ccc5oc6c(-c7ccccc7)cccc6c5c4)cc3)c3ccc(-c4cccc5oc6ccccc6c45)cc3)c2)cc1. The van der Waals surface area contributed by atoms with Crippen molar-refractivity contribution in [3.63, 3.8) is 0 Å². The average Bonchev–Trinajstić information content (AvgIpc) is 3.94. The Labute approximate surface area is 365 Å². The van der Waals surface area contributed by atoms with Gasteiger partial charge in [-0.3, -0.25) is 0 Å². The van der Waals surface area contributed by atoms with Crippen LogP contribution < -0.4 is 4.90 Å². The molecule has 0 fully saturated rings. The topological polar surface area (TPSA) is 29.5 Å². The van der Waals surface area contributed by atoms with E-state index in [0.29, 0.717) is 0 Å². The minimum atomic E-state index is 0.882. The lowest BCUT2D eigenvalue weighted by Gasteiger charge is -2.27. The summed E-state index contributed by atoms with van der Waals surface area (Å²) >= 11 is 0. The van der Waals surface area contributed by atoms with Gasteiger partial charge >= 0.3 is 0 Å². The first-order valence-corrected chi connectivity index (χ1v) is 21.4. The maximum absolute atomic E-state index is 6.52. The molecular weight excluding hydrogens is 767 g/mol. The molecule has 0 bridgehead atoms. The highest BCUT2D eigenvalue weighted by Crippen LogP contribution is 2.43. The van der Waals surface area contributed by atoms with Crippen LogP contribution in [0.2, 0.25) is 0 Å². The summed E-state index contributed by atoms with van der Waals surface area (Å²) < 4.78 is 12.8. The highest BCUT2D eigenvalue weighted by atomic mass is 16.3. The molecule has 63 heavy (non-hydrogen) atoms. The van der Waals surface area contributed by atoms with Crippen molar-refractivity contribution in [3.8, 4) is 55.6 Å². The van der Waals surface area contributed by atoms with E-state index in [9.17, 15) is 0 Å². The monoisotopic (exact) mass is 805 g/mol. The zero-order valence-corrected chi connectivity index (χ0v) is 34.3. The fraction of sp³-hybridized carbons (Fsp3) is 0. The van der Waals surface area contributed by atoms with Gasteiger partial charge < -0.3 is 13.7 Å². The van der Waals surface area contributed by atoms with Crippen LogP contribution in [-0.4, -0.2) is 0 Å². The van der Waals surface area contributed by atoms with Crippen LogP contribution in [0.15, 0.2) is 245 Å². The second-order valence-electron chi connectivity index (χ2n) is 16.1. The molecule has 2 aromatic heterocycles. The van der Waals surface area contributed by atoms with Crippen LogP contribution in [0.1, 0.15) is 0 Å². The van der Waals surface area contributed by atoms with Gasteiger partial charge in [0.15, 0.2) is 0 Å². The summed E-state index contributed by atoms with van der Waals surface area (Å²) in [7, 11) is 0. The zero-order valence-electron chi connectivity index (χ0n) is 34.3. The minimum Gasteiger partial charge on any atom is -0.456 e. The van der Waals surface area contributed by atoms with Gasteiger partial charge in [0.1, 0.15) is 22.3 Å². The van der Waals surface area contributed by atoms with E-state index in [0.717, 1.165) is 105 Å². The molecule has 0 atom stereocenters. The highest BCUT2D eigenvalue weighted by Gasteiger charge is 2.19. The molecule has 0 unspecified atom stereocenters. The molecule has 0 spiro atoms. The van der Waals surface area contributed by atoms with Crippen molar-refractivity contribution < 1.29 is 8.83 Å². The third-order valence-electron chi connectivity index (χ3n) is 12.3. The molecule has 0 radical (unpaired) electrons. The maximum atomic E-state index is 6.52. The van der Waals surface area contributed by atoms with Gasteiger partial charge in [-0.25, -0.2) is 0 Å². The molecule has 296 valence electrons. The first-order valence-electron chi connectivity index (χ1n) is 21.4. The van der Waals surface area contributed by atoms with E-state index < -0.39 is 0 Å². The predicted octanol–water partition coefficient (Wildman–Crippen LogP) is 17.3. The van der Waals surface area contributed by atoms with Crippen molar-refractivity contribution in [3.05, 3.63) is 237 Å². The first kappa shape index (κ1) is 36.5. The van der Waals surface area contributed by atoms with E-state index in [-0.39, 0.29) is 0 Å². The molecule has 0 aliphatic heterocycles. The predicted molar refractivity (Wildman–Crippen MR) is 263 cm³/mol. The molecule has 10 aromatic carbocycles. The first-order chi connectivity index (χ1) is 31.2. The summed E-state index contributed by atoms with van der Waals surface area (Å²) in [6.07, 6.45) is 0. The van der Waals surface area contributed by atoms with Crippen molar-refractivity contribution in [1.82, 2.24) is 0 Å². The van der Waals surface area contributed by atoms with Gasteiger partial charge in [-0.05, 0) is 117 Å². The zero-order chi connectivity index (χ0) is 41.7. The summed E-state index contributed by atoms with van der Waals surface area (Å²) in [5.41, 5.74) is 18.2. The van der Waals surface area contributed by atoms with Crippen molar-refractivity contribution in [2.24, 2.45) is 0 Å². The van der Waals surface area contributed by atoms with Crippen molar-refractivity contribution in [2.45, 2.75) is 0 Å². The van der Waals surface area contributed by atoms with Crippen molar-refractivity contribution in [2.75, 3.05) is 4.90 Å². The number of hydrogen-bond donors (Lipinski definition) is 0. The Morgan fingerprint density at radius 2 is 0.746 bits per heavy atom. The third kappa shape index (κ3) is 6.55. The third-order valence-corrected chi connectivity index (χ3v) is 12.3. The van der Waals surface area contributed by atoms with Gasteiger partial charge in [-0.2, -0.15) is 0 Å². The van der Waals surface area contributed by atoms with Crippen molar-refractivity contribution in [1.29, 1.82) is 0 Å². The molecule has 3 nitrogen and oxygen atoms in total. The molecule has 0 N–H and O–H groups in total. The largest absolute Gasteiger partial charge is 0.456 e. The summed E-state index contributed by atoms with van der Waals surface area (Å²) in [5, 5.41) is 4.48. The van der Waals surface area contributed by atoms with Crippen LogP contribution in [0, 0.1) is 0 Å². The van der Waals surface area contributed by atoms with E-state index >= 15 is 0 Å². The molecule has 0 aliphatic carbocycles. The summed E-state index contributed by atoms with van der Waals surface area (Å²) in [4.78, 5) is 2.37. The Morgan fingerprint density at radius 1 is 0.254 bits per heavy atom. The van der Waals surface area contributed by atoms with Gasteiger partial charge in [0.2, 0.25) is 0 Å². The second kappa shape index (κ2) is 15.3. The van der Waals surface area contributed by atoms with Gasteiger partial charge in [0, 0.05) is 44.2 Å². The molecule has 12 aromatic rings. The van der Waals surface area contributed by atoms with Crippen LogP contribution in [0.4, 0.5) is 17.1 Å². The number of para-hydroxylation sites is 2. The lowest BCUT2D eigenvalue weighted by atomic mass is 9.96. The Bertz CT molecular complexity index is 3530. The Kier molecular flexibility index (Phi) is 8.83. The van der Waals surface area contributed by atoms with Crippen LogP contribution in [0.25, 0.3) is 99.5 Å². The van der Waals surface area contributed by atoms with Gasteiger partial charge in [0.05, 0.1) is 0 Å². The lowest BCUT2D eigenvalue weighted by molar-refractivity contribution is 0.669. The average molecular weight is 806 g/mol. The van der Waals surface area contributed by atoms with Crippen LogP contribution in [-0.2, 0) is 0 Å². The van der Waals surface area contributed by atoms with E-state index in [1.165, 1.54) is 11.1 Å². The van der Waals surface area contributed by atoms with E-state index in [1.54, 1.807) is 0 Å². The summed E-state index contributed by atoms with van der Waals surface area (Å²) in [6, 6.07) is 84.2. The van der Waals surface area contributed by atoms with Crippen molar-refractivity contribution >= 4 is 60.9 Å². The van der Waals surface area contributed by atoms with E-state index in [2.05, 4.69) is 223 Å². The van der Waals surface area contributed by atoms with Crippen LogP contribution in [0.5, 0.6) is 0 Å². The quantitative estimate of drug-likeness (QED) is 0.153. The van der Waals surface area contributed by atoms with Gasteiger partial charge in [-0.15, -0.1) is 0 Å². The molecule has 3 heteroatoms. The standard InChI is InChI=1S/C60H39NO2/c1-4-14-40(15-5-1)46-36-47(41-16-6-2-7-17-41)38-50(37-46)61(49-33-28-44(29-34-49)51-21-13-25-58-59(51)54-20-10-11-24-56(54)62-58)48-31-26-42(27-32-48)45-30-35-57-55(39-45)53-23-12-22-52(60(53)63-57)43-18-8-3-9-19-43/h1-39H. The number of nitrogens with zero attached hydrogens (tertiary/aromatic N) is 1. The minimum absolute atomic E-state index is 0.882. The Morgan fingerprint density at radius 3 is 1.43 bits per heavy atom. The van der Waals surface area contributed by atoms with Crippen LogP contribution in [0.3, 0.4) is 0 Å². The number of anilines is 3. The van der Waals surface area contributed by atoms with Gasteiger partial charge in [-0.1, -0.05) is 170 Å². The molecule has 0 saturated heterocycles. The normalized spacial score (nSPS) is 11.5. The van der Waals surface area contributed by atoms with E-state index in [4.69, 9.17) is 8.83 Å². The highest BCUT2D eigenvalue weighted by molar-refractivity contribution is 6.13. The fourth-order valence-electron chi connectivity index (χ4n) is 9.21. The summed E-state index contributed by atoms with van der Waals surface area (Å²) in [5.74, 6) is 0. The number of fused-ring (bicyclic) bond motifs is 6. The van der Waals surface area contributed by atoms with Gasteiger partial charge in [0.25, 0.3) is 0 Å². The number of benzene rings is 10. The number of hydrogen-bond acceptors (Lipinski definition) is 3. The fourth-order valence-corrected chi connectivity index (χ4v) is 9.21. The Balaban J connectivity index is 0.982. The molecule has 12 rings (SSSR count). The molecule has 0 aliphatic rings. The van der Waals surface area contributed by atoms with E-state index in [1.807, 2.05) is 18.2 Å². The molecular formula is C60H39NO2. The molecule has 2 heterocycles. The lowest BCUT2D eigenvalue weighted by Crippen LogP contribution is -2.10. The maximum Gasteiger partial charge on any atom is 0.143 e. The Hall–Kier alpha value is -8.40. The number of furan rings is 2. The molecule has 0 saturated carbocycles. The smallest absolute Gasteiger partial charge is 0.143 e. The summed E-state index contributed by atoms with van der Waals surface area (Å²) in [6.45, 7) is 0.